The Morgan fingerprint density at radius 3 is 2.62 bits per heavy atom. The summed E-state index contributed by atoms with van der Waals surface area (Å²) in [6, 6.07) is 8.11. The SMILES string of the molecule is C=CC(=O)Nc1cc2c(N(C)c3ccc(F)c(Cl)c3)ncnc2cc1C#CC(C)(C)N1CCN(C)CC1. The van der Waals surface area contributed by atoms with Gasteiger partial charge in [-0.1, -0.05) is 30.0 Å². The van der Waals surface area contributed by atoms with Crippen molar-refractivity contribution in [1.82, 2.24) is 19.8 Å². The van der Waals surface area contributed by atoms with E-state index in [1.807, 2.05) is 6.07 Å². The van der Waals surface area contributed by atoms with E-state index >= 15 is 0 Å². The Morgan fingerprint density at radius 1 is 1.22 bits per heavy atom. The van der Waals surface area contributed by atoms with Crippen molar-refractivity contribution in [2.24, 2.45) is 0 Å². The zero-order chi connectivity index (χ0) is 26.7. The molecule has 1 aliphatic rings. The highest BCUT2D eigenvalue weighted by atomic mass is 35.5. The van der Waals surface area contributed by atoms with Crippen LogP contribution in [0.4, 0.5) is 21.6 Å². The highest BCUT2D eigenvalue weighted by Crippen LogP contribution is 2.33. The second-order valence-electron chi connectivity index (χ2n) is 9.56. The first-order valence-corrected chi connectivity index (χ1v) is 12.3. The molecule has 9 heteroatoms. The van der Waals surface area contributed by atoms with Crippen LogP contribution in [0.2, 0.25) is 5.02 Å². The maximum Gasteiger partial charge on any atom is 0.247 e. The number of likely N-dealkylation sites (N-methyl/N-ethyl adjacent to an activating group) is 1. The number of piperazine rings is 1. The predicted molar refractivity (Wildman–Crippen MR) is 148 cm³/mol. The van der Waals surface area contributed by atoms with E-state index in [0.717, 1.165) is 26.2 Å². The third kappa shape index (κ3) is 5.91. The Hall–Kier alpha value is -3.51. The fourth-order valence-corrected chi connectivity index (χ4v) is 4.40. The molecule has 0 atom stereocenters. The third-order valence-electron chi connectivity index (χ3n) is 6.60. The maximum atomic E-state index is 13.7. The summed E-state index contributed by atoms with van der Waals surface area (Å²) in [4.78, 5) is 27.6. The molecule has 4 rings (SSSR count). The number of nitrogens with zero attached hydrogens (tertiary/aromatic N) is 5. The summed E-state index contributed by atoms with van der Waals surface area (Å²) in [7, 11) is 3.93. The van der Waals surface area contributed by atoms with Crippen molar-refractivity contribution in [2.45, 2.75) is 19.4 Å². The molecule has 1 amide bonds. The zero-order valence-electron chi connectivity index (χ0n) is 21.5. The van der Waals surface area contributed by atoms with E-state index in [9.17, 15) is 9.18 Å². The molecular formula is C28H30ClFN6O. The lowest BCUT2D eigenvalue weighted by atomic mass is 10.0. The van der Waals surface area contributed by atoms with Crippen LogP contribution in [0, 0.1) is 17.7 Å². The van der Waals surface area contributed by atoms with Crippen LogP contribution in [0.15, 0.2) is 49.3 Å². The topological polar surface area (TPSA) is 64.6 Å². The Kier molecular flexibility index (Phi) is 7.79. The van der Waals surface area contributed by atoms with Crippen molar-refractivity contribution in [3.8, 4) is 11.8 Å². The van der Waals surface area contributed by atoms with E-state index in [2.05, 4.69) is 64.4 Å². The lowest BCUT2D eigenvalue weighted by molar-refractivity contribution is -0.111. The zero-order valence-corrected chi connectivity index (χ0v) is 22.2. The maximum absolute atomic E-state index is 13.7. The van der Waals surface area contributed by atoms with Gasteiger partial charge >= 0.3 is 0 Å². The second-order valence-corrected chi connectivity index (χ2v) is 9.97. The van der Waals surface area contributed by atoms with E-state index in [1.54, 1.807) is 24.1 Å². The Balaban J connectivity index is 1.77. The summed E-state index contributed by atoms with van der Waals surface area (Å²) in [6.07, 6.45) is 2.68. The third-order valence-corrected chi connectivity index (χ3v) is 6.89. The molecule has 1 N–H and O–H groups in total. The molecule has 37 heavy (non-hydrogen) atoms. The second kappa shape index (κ2) is 10.9. The minimum absolute atomic E-state index is 0.0159. The Morgan fingerprint density at radius 2 is 1.95 bits per heavy atom. The molecule has 0 unspecified atom stereocenters. The van der Waals surface area contributed by atoms with Gasteiger partial charge < -0.3 is 15.1 Å². The number of aromatic nitrogens is 2. The van der Waals surface area contributed by atoms with Crippen LogP contribution in [0.5, 0.6) is 0 Å². The highest BCUT2D eigenvalue weighted by Gasteiger charge is 2.27. The number of amides is 1. The lowest BCUT2D eigenvalue weighted by Gasteiger charge is -2.40. The summed E-state index contributed by atoms with van der Waals surface area (Å²) < 4.78 is 13.7. The minimum Gasteiger partial charge on any atom is -0.329 e. The van der Waals surface area contributed by atoms with Crippen molar-refractivity contribution in [2.75, 3.05) is 50.5 Å². The van der Waals surface area contributed by atoms with Crippen LogP contribution in [-0.2, 0) is 4.79 Å². The number of fused-ring (bicyclic) bond motifs is 1. The number of halogens is 2. The van der Waals surface area contributed by atoms with Gasteiger partial charge in [-0.15, -0.1) is 0 Å². The van der Waals surface area contributed by atoms with Crippen molar-refractivity contribution < 1.29 is 9.18 Å². The minimum atomic E-state index is -0.497. The summed E-state index contributed by atoms with van der Waals surface area (Å²) >= 11 is 6.01. The molecular weight excluding hydrogens is 491 g/mol. The predicted octanol–water partition coefficient (Wildman–Crippen LogP) is 4.69. The monoisotopic (exact) mass is 520 g/mol. The number of hydrogen-bond donors (Lipinski definition) is 1. The van der Waals surface area contributed by atoms with Crippen molar-refractivity contribution in [3.05, 3.63) is 65.7 Å². The first-order valence-electron chi connectivity index (χ1n) is 12.0. The highest BCUT2D eigenvalue weighted by molar-refractivity contribution is 6.31. The first kappa shape index (κ1) is 26.6. The average molecular weight is 521 g/mol. The van der Waals surface area contributed by atoms with E-state index < -0.39 is 5.82 Å². The molecule has 1 aromatic heterocycles. The van der Waals surface area contributed by atoms with E-state index in [-0.39, 0.29) is 16.5 Å². The molecule has 192 valence electrons. The number of anilines is 3. The van der Waals surface area contributed by atoms with Gasteiger partial charge in [0.1, 0.15) is 18.0 Å². The van der Waals surface area contributed by atoms with Crippen LogP contribution in [-0.4, -0.2) is 71.5 Å². The van der Waals surface area contributed by atoms with Crippen molar-refractivity contribution >= 4 is 45.6 Å². The number of rotatable bonds is 5. The molecule has 0 saturated carbocycles. The van der Waals surface area contributed by atoms with Crippen molar-refractivity contribution in [3.63, 3.8) is 0 Å². The first-order chi connectivity index (χ1) is 17.6. The standard InChI is InChI=1S/C28H30ClFN6O/c1-6-26(37)33-24-17-21-25(15-19(24)9-10-28(2,3)36-13-11-34(4)12-14-36)31-18-32-27(21)35(5)20-7-8-23(30)22(29)16-20/h6-8,15-18H,1,11-14H2,2-5H3,(H,33,37). The summed E-state index contributed by atoms with van der Waals surface area (Å²) in [5, 5.41) is 3.58. The van der Waals surface area contributed by atoms with Crippen LogP contribution in [0.3, 0.4) is 0 Å². The molecule has 3 aromatic rings. The molecule has 2 heterocycles. The van der Waals surface area contributed by atoms with Crippen LogP contribution < -0.4 is 10.2 Å². The molecule has 1 fully saturated rings. The van der Waals surface area contributed by atoms with Gasteiger partial charge in [-0.2, -0.15) is 0 Å². The summed E-state index contributed by atoms with van der Waals surface area (Å²) in [5.74, 6) is 6.42. The number of carbonyl (C=O) groups excluding carboxylic acids is 1. The van der Waals surface area contributed by atoms with Gasteiger partial charge in [0.2, 0.25) is 5.91 Å². The fourth-order valence-electron chi connectivity index (χ4n) is 4.23. The summed E-state index contributed by atoms with van der Waals surface area (Å²) in [5.41, 5.74) is 2.13. The molecule has 1 saturated heterocycles. The average Bonchev–Trinajstić information content (AvgIpc) is 2.88. The molecule has 2 aromatic carbocycles. The molecule has 0 aliphatic carbocycles. The van der Waals surface area contributed by atoms with Gasteiger partial charge in [-0.25, -0.2) is 14.4 Å². The number of carbonyl (C=O) groups is 1. The lowest BCUT2D eigenvalue weighted by Crippen LogP contribution is -2.53. The van der Waals surface area contributed by atoms with Gasteiger partial charge in [0.15, 0.2) is 0 Å². The largest absolute Gasteiger partial charge is 0.329 e. The smallest absolute Gasteiger partial charge is 0.247 e. The fraction of sp³-hybridized carbons (Fsp3) is 0.321. The van der Waals surface area contributed by atoms with Crippen LogP contribution >= 0.6 is 11.6 Å². The van der Waals surface area contributed by atoms with E-state index in [4.69, 9.17) is 11.6 Å². The van der Waals surface area contributed by atoms with Gasteiger partial charge in [0, 0.05) is 44.3 Å². The number of hydrogen-bond acceptors (Lipinski definition) is 6. The van der Waals surface area contributed by atoms with Gasteiger partial charge in [0.25, 0.3) is 0 Å². The van der Waals surface area contributed by atoms with Crippen LogP contribution in [0.25, 0.3) is 10.9 Å². The van der Waals surface area contributed by atoms with Crippen molar-refractivity contribution in [1.29, 1.82) is 0 Å². The number of nitrogens with one attached hydrogen (secondary N) is 1. The van der Waals surface area contributed by atoms with Gasteiger partial charge in [-0.05, 0) is 57.3 Å². The Labute approximate surface area is 221 Å². The number of benzene rings is 2. The normalized spacial score (nSPS) is 14.6. The van der Waals surface area contributed by atoms with Gasteiger partial charge in [0.05, 0.1) is 27.3 Å². The van der Waals surface area contributed by atoms with E-state index in [0.29, 0.717) is 33.7 Å². The Bertz CT molecular complexity index is 1410. The molecule has 0 radical (unpaired) electrons. The summed E-state index contributed by atoms with van der Waals surface area (Å²) in [6.45, 7) is 11.6. The van der Waals surface area contributed by atoms with Crippen LogP contribution in [0.1, 0.15) is 19.4 Å². The molecule has 0 spiro atoms. The molecule has 7 nitrogen and oxygen atoms in total. The molecule has 0 bridgehead atoms. The molecule has 1 aliphatic heterocycles. The van der Waals surface area contributed by atoms with E-state index in [1.165, 1.54) is 24.5 Å². The quantitative estimate of drug-likeness (QED) is 0.389. The van der Waals surface area contributed by atoms with Gasteiger partial charge in [-0.3, -0.25) is 9.69 Å².